The van der Waals surface area contributed by atoms with E-state index in [1.165, 1.54) is 17.7 Å². The van der Waals surface area contributed by atoms with E-state index >= 15 is 0 Å². The first-order valence-corrected chi connectivity index (χ1v) is 7.98. The van der Waals surface area contributed by atoms with Crippen molar-refractivity contribution in [2.45, 2.75) is 52.1 Å². The van der Waals surface area contributed by atoms with Crippen LogP contribution in [-0.2, 0) is 6.54 Å². The van der Waals surface area contributed by atoms with Gasteiger partial charge < -0.3 is 5.73 Å². The van der Waals surface area contributed by atoms with Crippen molar-refractivity contribution in [1.29, 1.82) is 5.41 Å². The highest BCUT2D eigenvalue weighted by Crippen LogP contribution is 2.30. The zero-order valence-electron chi connectivity index (χ0n) is 12.0. The van der Waals surface area contributed by atoms with Crippen LogP contribution < -0.4 is 5.73 Å². The second kappa shape index (κ2) is 6.06. The SMILES string of the molecule is CC(C)(CCCN(Cc1cccs1)C1CC1)C(=N)N. The Morgan fingerprint density at radius 2 is 2.26 bits per heavy atom. The molecule has 0 atom stereocenters. The number of nitrogens with one attached hydrogen (secondary N) is 1. The fraction of sp³-hybridized carbons (Fsp3) is 0.667. The zero-order chi connectivity index (χ0) is 13.9. The number of hydrogen-bond donors (Lipinski definition) is 2. The third-order valence-corrected chi connectivity index (χ3v) is 4.84. The van der Waals surface area contributed by atoms with E-state index in [0.717, 1.165) is 32.0 Å². The van der Waals surface area contributed by atoms with Crippen molar-refractivity contribution in [1.82, 2.24) is 4.90 Å². The summed E-state index contributed by atoms with van der Waals surface area (Å²) in [6.07, 6.45) is 4.81. The van der Waals surface area contributed by atoms with Crippen molar-refractivity contribution in [2.75, 3.05) is 6.54 Å². The summed E-state index contributed by atoms with van der Waals surface area (Å²) >= 11 is 1.84. The van der Waals surface area contributed by atoms with Crippen molar-refractivity contribution < 1.29 is 0 Å². The maximum atomic E-state index is 7.60. The average Bonchev–Trinajstić information content (AvgIpc) is 3.06. The largest absolute Gasteiger partial charge is 0.387 e. The number of nitrogens with two attached hydrogens (primary N) is 1. The molecular weight excluding hydrogens is 254 g/mol. The quantitative estimate of drug-likeness (QED) is 0.565. The molecule has 0 aliphatic heterocycles. The Bertz CT molecular complexity index is 407. The molecule has 4 heteroatoms. The van der Waals surface area contributed by atoms with Gasteiger partial charge in [-0.3, -0.25) is 10.3 Å². The molecule has 1 aromatic heterocycles. The Kier molecular flexibility index (Phi) is 4.63. The fourth-order valence-electron chi connectivity index (χ4n) is 2.29. The van der Waals surface area contributed by atoms with Crippen LogP contribution in [0.1, 0.15) is 44.4 Å². The van der Waals surface area contributed by atoms with Gasteiger partial charge in [0.05, 0.1) is 5.84 Å². The van der Waals surface area contributed by atoms with Crippen LogP contribution in [0.5, 0.6) is 0 Å². The second-order valence-electron chi connectivity index (χ2n) is 6.18. The molecule has 1 aromatic rings. The molecule has 106 valence electrons. The number of nitrogens with zero attached hydrogens (tertiary/aromatic N) is 1. The highest BCUT2D eigenvalue weighted by Gasteiger charge is 2.29. The van der Waals surface area contributed by atoms with Crippen LogP contribution in [0.4, 0.5) is 0 Å². The van der Waals surface area contributed by atoms with Gasteiger partial charge in [0.2, 0.25) is 0 Å². The molecule has 2 rings (SSSR count). The Labute approximate surface area is 120 Å². The van der Waals surface area contributed by atoms with Crippen molar-refractivity contribution >= 4 is 17.2 Å². The van der Waals surface area contributed by atoms with Gasteiger partial charge in [0.1, 0.15) is 0 Å². The average molecular weight is 279 g/mol. The van der Waals surface area contributed by atoms with Gasteiger partial charge in [-0.25, -0.2) is 0 Å². The molecule has 3 N–H and O–H groups in total. The van der Waals surface area contributed by atoms with Gasteiger partial charge in [-0.05, 0) is 43.7 Å². The first-order chi connectivity index (χ1) is 8.99. The topological polar surface area (TPSA) is 53.1 Å². The van der Waals surface area contributed by atoms with Gasteiger partial charge in [-0.1, -0.05) is 19.9 Å². The van der Waals surface area contributed by atoms with E-state index in [-0.39, 0.29) is 5.41 Å². The molecule has 3 nitrogen and oxygen atoms in total. The van der Waals surface area contributed by atoms with Crippen molar-refractivity contribution in [2.24, 2.45) is 11.1 Å². The molecule has 1 heterocycles. The lowest BCUT2D eigenvalue weighted by molar-refractivity contribution is 0.241. The lowest BCUT2D eigenvalue weighted by Crippen LogP contribution is -2.33. The minimum absolute atomic E-state index is 0.155. The molecule has 1 saturated carbocycles. The number of thiophene rings is 1. The van der Waals surface area contributed by atoms with E-state index in [4.69, 9.17) is 11.1 Å². The van der Waals surface area contributed by atoms with Gasteiger partial charge >= 0.3 is 0 Å². The summed E-state index contributed by atoms with van der Waals surface area (Å²) < 4.78 is 0. The molecule has 1 aliphatic carbocycles. The monoisotopic (exact) mass is 279 g/mol. The lowest BCUT2D eigenvalue weighted by atomic mass is 9.86. The third kappa shape index (κ3) is 4.32. The highest BCUT2D eigenvalue weighted by atomic mass is 32.1. The second-order valence-corrected chi connectivity index (χ2v) is 7.21. The van der Waals surface area contributed by atoms with Gasteiger partial charge in [0.25, 0.3) is 0 Å². The fourth-order valence-corrected chi connectivity index (χ4v) is 3.02. The van der Waals surface area contributed by atoms with Crippen LogP contribution >= 0.6 is 11.3 Å². The van der Waals surface area contributed by atoms with E-state index in [1.54, 1.807) is 0 Å². The maximum absolute atomic E-state index is 7.60. The van der Waals surface area contributed by atoms with E-state index in [1.807, 2.05) is 11.3 Å². The van der Waals surface area contributed by atoms with Crippen LogP contribution in [0.25, 0.3) is 0 Å². The summed E-state index contributed by atoms with van der Waals surface area (Å²) in [6, 6.07) is 5.14. The molecule has 0 aromatic carbocycles. The molecule has 0 spiro atoms. The van der Waals surface area contributed by atoms with E-state index < -0.39 is 0 Å². The zero-order valence-corrected chi connectivity index (χ0v) is 12.8. The molecule has 19 heavy (non-hydrogen) atoms. The first-order valence-electron chi connectivity index (χ1n) is 7.10. The predicted octanol–water partition coefficient (Wildman–Crippen LogP) is 3.45. The Balaban J connectivity index is 1.80. The van der Waals surface area contributed by atoms with Crippen LogP contribution in [0.15, 0.2) is 17.5 Å². The standard InChI is InChI=1S/C15H25N3S/c1-15(2,14(16)17)8-4-9-18(12-6-7-12)11-13-5-3-10-19-13/h3,5,10,12H,4,6-9,11H2,1-2H3,(H3,16,17). The predicted molar refractivity (Wildman–Crippen MR) is 82.7 cm³/mol. The summed E-state index contributed by atoms with van der Waals surface area (Å²) in [5.74, 6) is 0.309. The van der Waals surface area contributed by atoms with Gasteiger partial charge in [-0.2, -0.15) is 0 Å². The molecule has 1 fully saturated rings. The normalized spacial score (nSPS) is 15.9. The molecule has 0 unspecified atom stereocenters. The minimum Gasteiger partial charge on any atom is -0.387 e. The Morgan fingerprint density at radius 1 is 1.53 bits per heavy atom. The molecule has 1 aliphatic rings. The lowest BCUT2D eigenvalue weighted by Gasteiger charge is -2.26. The number of amidine groups is 1. The number of rotatable bonds is 8. The summed E-state index contributed by atoms with van der Waals surface area (Å²) in [4.78, 5) is 4.06. The van der Waals surface area contributed by atoms with E-state index in [0.29, 0.717) is 5.84 Å². The summed E-state index contributed by atoms with van der Waals surface area (Å²) in [7, 11) is 0. The smallest absolute Gasteiger partial charge is 0.0963 e. The van der Waals surface area contributed by atoms with Gasteiger partial charge in [0.15, 0.2) is 0 Å². The van der Waals surface area contributed by atoms with E-state index in [9.17, 15) is 0 Å². The molecule has 0 bridgehead atoms. The van der Waals surface area contributed by atoms with E-state index in [2.05, 4.69) is 36.3 Å². The maximum Gasteiger partial charge on any atom is 0.0963 e. The van der Waals surface area contributed by atoms with Crippen molar-refractivity contribution in [3.8, 4) is 0 Å². The van der Waals surface area contributed by atoms with Crippen LogP contribution in [-0.4, -0.2) is 23.3 Å². The van der Waals surface area contributed by atoms with Crippen LogP contribution in [0.3, 0.4) is 0 Å². The van der Waals surface area contributed by atoms with Crippen molar-refractivity contribution in [3.05, 3.63) is 22.4 Å². The minimum atomic E-state index is -0.155. The Hall–Kier alpha value is -0.870. The highest BCUT2D eigenvalue weighted by molar-refractivity contribution is 7.09. The third-order valence-electron chi connectivity index (χ3n) is 3.98. The number of hydrogen-bond acceptors (Lipinski definition) is 3. The summed E-state index contributed by atoms with van der Waals surface area (Å²) in [5, 5.41) is 9.76. The van der Waals surface area contributed by atoms with Crippen LogP contribution in [0, 0.1) is 10.8 Å². The Morgan fingerprint density at radius 3 is 2.79 bits per heavy atom. The summed E-state index contributed by atoms with van der Waals surface area (Å²) in [5.41, 5.74) is 5.49. The summed E-state index contributed by atoms with van der Waals surface area (Å²) in [6.45, 7) is 6.34. The molecule has 0 amide bonds. The van der Waals surface area contributed by atoms with Crippen LogP contribution in [0.2, 0.25) is 0 Å². The first kappa shape index (κ1) is 14.5. The van der Waals surface area contributed by atoms with Gasteiger partial charge in [0, 0.05) is 22.9 Å². The molecule has 0 saturated heterocycles. The molecule has 0 radical (unpaired) electrons. The van der Waals surface area contributed by atoms with Gasteiger partial charge in [-0.15, -0.1) is 11.3 Å². The molecular formula is C15H25N3S. The van der Waals surface area contributed by atoms with Crippen molar-refractivity contribution in [3.63, 3.8) is 0 Å².